The SMILES string of the molecule is COC1(c2ncc(CO)s2)CCC1. The third-order valence-electron chi connectivity index (χ3n) is 2.65. The van der Waals surface area contributed by atoms with Crippen molar-refractivity contribution in [1.82, 2.24) is 4.98 Å². The summed E-state index contributed by atoms with van der Waals surface area (Å²) >= 11 is 1.55. The largest absolute Gasteiger partial charge is 0.391 e. The average molecular weight is 199 g/mol. The van der Waals surface area contributed by atoms with Gasteiger partial charge in [-0.3, -0.25) is 0 Å². The lowest BCUT2D eigenvalue weighted by Crippen LogP contribution is -2.35. The standard InChI is InChI=1S/C9H13NO2S/c1-12-9(3-2-4-9)8-10-5-7(6-11)13-8/h5,11H,2-4,6H2,1H3. The molecule has 0 saturated heterocycles. The Labute approximate surface area is 81.4 Å². The Morgan fingerprint density at radius 3 is 2.85 bits per heavy atom. The molecule has 4 heteroatoms. The second-order valence-corrected chi connectivity index (χ2v) is 4.46. The Bertz CT molecular complexity index is 288. The lowest BCUT2D eigenvalue weighted by molar-refractivity contribution is -0.0779. The fourth-order valence-electron chi connectivity index (χ4n) is 1.59. The van der Waals surface area contributed by atoms with E-state index in [1.165, 1.54) is 6.42 Å². The van der Waals surface area contributed by atoms with Crippen LogP contribution in [0.4, 0.5) is 0 Å². The Hall–Kier alpha value is -0.450. The van der Waals surface area contributed by atoms with E-state index in [1.54, 1.807) is 24.6 Å². The zero-order valence-corrected chi connectivity index (χ0v) is 8.43. The van der Waals surface area contributed by atoms with Gasteiger partial charge in [-0.15, -0.1) is 11.3 Å². The van der Waals surface area contributed by atoms with E-state index >= 15 is 0 Å². The maximum atomic E-state index is 8.91. The lowest BCUT2D eigenvalue weighted by atomic mass is 9.80. The molecule has 2 rings (SSSR count). The monoisotopic (exact) mass is 199 g/mol. The molecule has 1 aliphatic carbocycles. The van der Waals surface area contributed by atoms with Gasteiger partial charge in [-0.1, -0.05) is 0 Å². The molecule has 13 heavy (non-hydrogen) atoms. The molecule has 0 aliphatic heterocycles. The molecule has 0 bridgehead atoms. The van der Waals surface area contributed by atoms with Gasteiger partial charge >= 0.3 is 0 Å². The van der Waals surface area contributed by atoms with Crippen molar-refractivity contribution in [1.29, 1.82) is 0 Å². The summed E-state index contributed by atoms with van der Waals surface area (Å²) in [6.45, 7) is 0.0808. The minimum atomic E-state index is -0.127. The second kappa shape index (κ2) is 3.36. The molecular weight excluding hydrogens is 186 g/mol. The highest BCUT2D eigenvalue weighted by Gasteiger charge is 2.41. The number of aromatic nitrogens is 1. The summed E-state index contributed by atoms with van der Waals surface area (Å²) in [4.78, 5) is 5.20. The maximum absolute atomic E-state index is 8.91. The molecule has 1 heterocycles. The van der Waals surface area contributed by atoms with Crippen LogP contribution in [0.2, 0.25) is 0 Å². The highest BCUT2D eigenvalue weighted by molar-refractivity contribution is 7.11. The first-order valence-corrected chi connectivity index (χ1v) is 5.23. The van der Waals surface area contributed by atoms with Crippen LogP contribution in [-0.2, 0) is 16.9 Å². The molecule has 1 aromatic heterocycles. The molecule has 0 unspecified atom stereocenters. The summed E-state index contributed by atoms with van der Waals surface area (Å²) in [5, 5.41) is 9.93. The van der Waals surface area contributed by atoms with Gasteiger partial charge < -0.3 is 9.84 Å². The van der Waals surface area contributed by atoms with Crippen molar-refractivity contribution in [2.24, 2.45) is 0 Å². The zero-order chi connectivity index (χ0) is 9.31. The van der Waals surface area contributed by atoms with Crippen molar-refractivity contribution < 1.29 is 9.84 Å². The number of aliphatic hydroxyl groups is 1. The van der Waals surface area contributed by atoms with Crippen LogP contribution in [0, 0.1) is 0 Å². The predicted octanol–water partition coefficient (Wildman–Crippen LogP) is 1.66. The van der Waals surface area contributed by atoms with Crippen molar-refractivity contribution in [3.05, 3.63) is 16.1 Å². The number of methoxy groups -OCH3 is 1. The van der Waals surface area contributed by atoms with Gasteiger partial charge in [0.25, 0.3) is 0 Å². The Kier molecular flexibility index (Phi) is 2.36. The van der Waals surface area contributed by atoms with E-state index in [1.807, 2.05) is 0 Å². The van der Waals surface area contributed by atoms with E-state index in [9.17, 15) is 0 Å². The first kappa shape index (κ1) is 9.12. The quantitative estimate of drug-likeness (QED) is 0.805. The molecule has 0 atom stereocenters. The third-order valence-corrected chi connectivity index (χ3v) is 3.82. The Morgan fingerprint density at radius 2 is 2.46 bits per heavy atom. The number of nitrogens with zero attached hydrogens (tertiary/aromatic N) is 1. The van der Waals surface area contributed by atoms with Crippen LogP contribution in [0.15, 0.2) is 6.20 Å². The molecule has 72 valence electrons. The van der Waals surface area contributed by atoms with Gasteiger partial charge in [-0.25, -0.2) is 4.98 Å². The molecular formula is C9H13NO2S. The van der Waals surface area contributed by atoms with Gasteiger partial charge in [-0.05, 0) is 19.3 Å². The van der Waals surface area contributed by atoms with Crippen LogP contribution in [-0.4, -0.2) is 17.2 Å². The van der Waals surface area contributed by atoms with Crippen molar-refractivity contribution in [2.75, 3.05) is 7.11 Å². The molecule has 0 amide bonds. The van der Waals surface area contributed by atoms with Crippen molar-refractivity contribution >= 4 is 11.3 Å². The van der Waals surface area contributed by atoms with Crippen LogP contribution in [0.1, 0.15) is 29.1 Å². The molecule has 0 spiro atoms. The van der Waals surface area contributed by atoms with Crippen LogP contribution in [0.5, 0.6) is 0 Å². The number of ether oxygens (including phenoxy) is 1. The molecule has 1 aromatic rings. The van der Waals surface area contributed by atoms with Gasteiger partial charge in [-0.2, -0.15) is 0 Å². The predicted molar refractivity (Wildman–Crippen MR) is 50.6 cm³/mol. The number of hydrogen-bond donors (Lipinski definition) is 1. The summed E-state index contributed by atoms with van der Waals surface area (Å²) in [7, 11) is 1.74. The maximum Gasteiger partial charge on any atom is 0.125 e. The van der Waals surface area contributed by atoms with Crippen LogP contribution < -0.4 is 0 Å². The van der Waals surface area contributed by atoms with Gasteiger partial charge in [0.1, 0.15) is 10.6 Å². The normalized spacial score (nSPS) is 19.8. The van der Waals surface area contributed by atoms with E-state index in [-0.39, 0.29) is 12.2 Å². The Morgan fingerprint density at radius 1 is 1.69 bits per heavy atom. The minimum absolute atomic E-state index is 0.0808. The number of aliphatic hydroxyl groups excluding tert-OH is 1. The molecule has 1 aliphatic rings. The van der Waals surface area contributed by atoms with Crippen molar-refractivity contribution in [3.8, 4) is 0 Å². The minimum Gasteiger partial charge on any atom is -0.391 e. The van der Waals surface area contributed by atoms with Crippen molar-refractivity contribution in [3.63, 3.8) is 0 Å². The number of hydrogen-bond acceptors (Lipinski definition) is 4. The number of thiazole rings is 1. The van der Waals surface area contributed by atoms with Crippen LogP contribution in [0.25, 0.3) is 0 Å². The second-order valence-electron chi connectivity index (χ2n) is 3.34. The molecule has 0 radical (unpaired) electrons. The summed E-state index contributed by atoms with van der Waals surface area (Å²) < 4.78 is 5.48. The number of rotatable bonds is 3. The Balaban J connectivity index is 2.23. The van der Waals surface area contributed by atoms with E-state index in [0.29, 0.717) is 0 Å². The van der Waals surface area contributed by atoms with Gasteiger partial charge in [0.05, 0.1) is 11.5 Å². The molecule has 1 N–H and O–H groups in total. The fraction of sp³-hybridized carbons (Fsp3) is 0.667. The first-order chi connectivity index (χ1) is 6.30. The molecule has 0 aromatic carbocycles. The smallest absolute Gasteiger partial charge is 0.125 e. The first-order valence-electron chi connectivity index (χ1n) is 4.42. The average Bonchev–Trinajstić information content (AvgIpc) is 2.52. The van der Waals surface area contributed by atoms with Gasteiger partial charge in [0.2, 0.25) is 0 Å². The molecule has 1 fully saturated rings. The summed E-state index contributed by atoms with van der Waals surface area (Å²) in [6.07, 6.45) is 5.06. The van der Waals surface area contributed by atoms with Crippen LogP contribution >= 0.6 is 11.3 Å². The topological polar surface area (TPSA) is 42.4 Å². The highest BCUT2D eigenvalue weighted by Crippen LogP contribution is 2.45. The van der Waals surface area contributed by atoms with Crippen molar-refractivity contribution in [2.45, 2.75) is 31.5 Å². The van der Waals surface area contributed by atoms with E-state index in [4.69, 9.17) is 9.84 Å². The fourth-order valence-corrected chi connectivity index (χ4v) is 2.59. The molecule has 1 saturated carbocycles. The van der Waals surface area contributed by atoms with E-state index < -0.39 is 0 Å². The van der Waals surface area contributed by atoms with Gasteiger partial charge in [0.15, 0.2) is 0 Å². The highest BCUT2D eigenvalue weighted by atomic mass is 32.1. The zero-order valence-electron chi connectivity index (χ0n) is 7.62. The summed E-state index contributed by atoms with van der Waals surface area (Å²) in [5.41, 5.74) is -0.127. The lowest BCUT2D eigenvalue weighted by Gasteiger charge is -2.38. The summed E-state index contributed by atoms with van der Waals surface area (Å²) in [6, 6.07) is 0. The molecule has 3 nitrogen and oxygen atoms in total. The summed E-state index contributed by atoms with van der Waals surface area (Å²) in [5.74, 6) is 0. The van der Waals surface area contributed by atoms with Gasteiger partial charge in [0, 0.05) is 13.3 Å². The van der Waals surface area contributed by atoms with E-state index in [2.05, 4.69) is 4.98 Å². The van der Waals surface area contributed by atoms with E-state index in [0.717, 1.165) is 22.7 Å². The third kappa shape index (κ3) is 1.39. The van der Waals surface area contributed by atoms with Crippen LogP contribution in [0.3, 0.4) is 0 Å².